The lowest BCUT2D eigenvalue weighted by molar-refractivity contribution is -0.123. The van der Waals surface area contributed by atoms with Gasteiger partial charge in [-0.3, -0.25) is 0 Å². The molecule has 0 radical (unpaired) electrons. The minimum Gasteiger partial charge on any atom is -0.493 e. The van der Waals surface area contributed by atoms with Crippen molar-refractivity contribution in [1.29, 1.82) is 0 Å². The van der Waals surface area contributed by atoms with Gasteiger partial charge in [0.1, 0.15) is 6.10 Å². The highest BCUT2D eigenvalue weighted by molar-refractivity contribution is 5.61. The first-order chi connectivity index (χ1) is 10.1. The van der Waals surface area contributed by atoms with E-state index in [2.05, 4.69) is 18.3 Å². The Labute approximate surface area is 125 Å². The molecule has 0 saturated heterocycles. The lowest BCUT2D eigenvalue weighted by Gasteiger charge is -2.55. The third kappa shape index (κ3) is 1.38. The van der Waals surface area contributed by atoms with Crippen molar-refractivity contribution in [1.82, 2.24) is 5.32 Å². The molecule has 2 N–H and O–H groups in total. The number of methoxy groups -OCH3 is 1. The summed E-state index contributed by atoms with van der Waals surface area (Å²) in [5.41, 5.74) is 1.35. The lowest BCUT2D eigenvalue weighted by atomic mass is 9.53. The number of likely N-dealkylation sites (N-methyl/N-ethyl adjacent to an activating group) is 1. The van der Waals surface area contributed by atoms with E-state index >= 15 is 0 Å². The van der Waals surface area contributed by atoms with E-state index in [1.807, 2.05) is 13.1 Å². The van der Waals surface area contributed by atoms with Crippen molar-refractivity contribution < 1.29 is 14.6 Å². The molecule has 1 fully saturated rings. The highest BCUT2D eigenvalue weighted by atomic mass is 16.5. The van der Waals surface area contributed by atoms with E-state index in [-0.39, 0.29) is 17.6 Å². The van der Waals surface area contributed by atoms with Crippen LogP contribution in [0.2, 0.25) is 0 Å². The standard InChI is InChI=1S/C17H23NO3/c1-16-13-5-4-8-17(16,19)12(18-2)9-10-6-7-11(20-3)15(21-13)14(10)16/h6-7,12-13,18-19H,4-5,8-9H2,1-3H3. The summed E-state index contributed by atoms with van der Waals surface area (Å²) in [5.74, 6) is 1.65. The molecule has 4 nitrogen and oxygen atoms in total. The predicted molar refractivity (Wildman–Crippen MR) is 80.1 cm³/mol. The van der Waals surface area contributed by atoms with Crippen molar-refractivity contribution in [2.24, 2.45) is 0 Å². The Kier molecular flexibility index (Phi) is 2.64. The van der Waals surface area contributed by atoms with E-state index in [4.69, 9.17) is 9.47 Å². The van der Waals surface area contributed by atoms with Crippen LogP contribution in [0, 0.1) is 0 Å². The van der Waals surface area contributed by atoms with Crippen LogP contribution >= 0.6 is 0 Å². The Hall–Kier alpha value is -1.26. The maximum atomic E-state index is 11.5. The van der Waals surface area contributed by atoms with Crippen LogP contribution < -0.4 is 14.8 Å². The molecule has 1 aromatic rings. The summed E-state index contributed by atoms with van der Waals surface area (Å²) in [4.78, 5) is 0. The maximum absolute atomic E-state index is 11.5. The van der Waals surface area contributed by atoms with E-state index in [1.54, 1.807) is 7.11 Å². The molecular weight excluding hydrogens is 266 g/mol. The summed E-state index contributed by atoms with van der Waals surface area (Å²) < 4.78 is 11.8. The molecule has 3 aliphatic rings. The van der Waals surface area contributed by atoms with Gasteiger partial charge < -0.3 is 19.9 Å². The minimum absolute atomic E-state index is 0.0393. The van der Waals surface area contributed by atoms with Gasteiger partial charge in [-0.25, -0.2) is 0 Å². The molecule has 4 heteroatoms. The van der Waals surface area contributed by atoms with Crippen molar-refractivity contribution in [2.45, 2.75) is 55.8 Å². The molecule has 2 aliphatic carbocycles. The number of aliphatic hydroxyl groups is 1. The van der Waals surface area contributed by atoms with Crippen molar-refractivity contribution >= 4 is 0 Å². The van der Waals surface area contributed by atoms with Crippen LogP contribution in [-0.2, 0) is 11.8 Å². The molecule has 4 rings (SSSR count). The van der Waals surface area contributed by atoms with Crippen LogP contribution in [0.1, 0.15) is 37.3 Å². The van der Waals surface area contributed by atoms with Crippen molar-refractivity contribution in [3.05, 3.63) is 23.3 Å². The Morgan fingerprint density at radius 1 is 1.43 bits per heavy atom. The van der Waals surface area contributed by atoms with Crippen molar-refractivity contribution in [3.63, 3.8) is 0 Å². The number of nitrogens with one attached hydrogen (secondary N) is 1. The minimum atomic E-state index is -0.755. The molecule has 114 valence electrons. The molecule has 1 heterocycles. The van der Waals surface area contributed by atoms with E-state index in [9.17, 15) is 5.11 Å². The molecule has 4 atom stereocenters. The maximum Gasteiger partial charge on any atom is 0.165 e. The van der Waals surface area contributed by atoms with Gasteiger partial charge in [-0.15, -0.1) is 0 Å². The SMILES string of the molecule is CNC1Cc2ccc(OC)c3c2C2(C)C(CCCC12O)O3. The Morgan fingerprint density at radius 3 is 2.95 bits per heavy atom. The molecule has 0 aromatic heterocycles. The summed E-state index contributed by atoms with van der Waals surface area (Å²) in [6, 6.07) is 4.19. The predicted octanol–water partition coefficient (Wildman–Crippen LogP) is 1.77. The van der Waals surface area contributed by atoms with Gasteiger partial charge in [0.2, 0.25) is 0 Å². The third-order valence-corrected chi connectivity index (χ3v) is 6.12. The van der Waals surface area contributed by atoms with Gasteiger partial charge in [0.15, 0.2) is 11.5 Å². The molecule has 0 spiro atoms. The number of ether oxygens (including phenoxy) is 2. The summed E-state index contributed by atoms with van der Waals surface area (Å²) in [7, 11) is 3.62. The normalized spacial score (nSPS) is 39.6. The molecule has 0 bridgehead atoms. The largest absolute Gasteiger partial charge is 0.493 e. The summed E-state index contributed by atoms with van der Waals surface area (Å²) in [5, 5.41) is 14.9. The Balaban J connectivity index is 2.00. The second-order valence-corrected chi connectivity index (χ2v) is 6.80. The van der Waals surface area contributed by atoms with Gasteiger partial charge in [-0.1, -0.05) is 6.07 Å². The smallest absolute Gasteiger partial charge is 0.165 e. The highest BCUT2D eigenvalue weighted by Crippen LogP contribution is 2.61. The Bertz CT molecular complexity index is 602. The number of rotatable bonds is 2. The lowest BCUT2D eigenvalue weighted by Crippen LogP contribution is -2.69. The molecule has 1 aliphatic heterocycles. The number of benzene rings is 1. The first kappa shape index (κ1) is 13.4. The van der Waals surface area contributed by atoms with E-state index in [0.717, 1.165) is 37.2 Å². The molecule has 1 aromatic carbocycles. The number of hydrogen-bond donors (Lipinski definition) is 2. The molecule has 4 unspecified atom stereocenters. The zero-order valence-electron chi connectivity index (χ0n) is 12.9. The van der Waals surface area contributed by atoms with Gasteiger partial charge in [0.05, 0.1) is 18.1 Å². The highest BCUT2D eigenvalue weighted by Gasteiger charge is 2.66. The van der Waals surface area contributed by atoms with Gasteiger partial charge in [-0.2, -0.15) is 0 Å². The van der Waals surface area contributed by atoms with E-state index < -0.39 is 5.60 Å². The fourth-order valence-corrected chi connectivity index (χ4v) is 4.97. The number of hydrogen-bond acceptors (Lipinski definition) is 4. The van der Waals surface area contributed by atoms with Crippen LogP contribution in [0.4, 0.5) is 0 Å². The summed E-state index contributed by atoms with van der Waals surface area (Å²) in [6.45, 7) is 2.18. The first-order valence-electron chi connectivity index (χ1n) is 7.83. The second kappa shape index (κ2) is 4.14. The molecule has 21 heavy (non-hydrogen) atoms. The summed E-state index contributed by atoms with van der Waals surface area (Å²) >= 11 is 0. The average molecular weight is 289 g/mol. The topological polar surface area (TPSA) is 50.7 Å². The molecular formula is C17H23NO3. The van der Waals surface area contributed by atoms with Gasteiger partial charge >= 0.3 is 0 Å². The van der Waals surface area contributed by atoms with E-state index in [1.165, 1.54) is 11.1 Å². The van der Waals surface area contributed by atoms with Gasteiger partial charge in [0, 0.05) is 11.6 Å². The molecule has 1 saturated carbocycles. The third-order valence-electron chi connectivity index (χ3n) is 6.12. The van der Waals surface area contributed by atoms with Crippen LogP contribution in [0.5, 0.6) is 11.5 Å². The summed E-state index contributed by atoms with van der Waals surface area (Å²) in [6.07, 6.45) is 3.70. The van der Waals surface area contributed by atoms with Crippen LogP contribution in [0.15, 0.2) is 12.1 Å². The zero-order valence-corrected chi connectivity index (χ0v) is 12.9. The van der Waals surface area contributed by atoms with Crippen molar-refractivity contribution in [3.8, 4) is 11.5 Å². The van der Waals surface area contributed by atoms with Crippen molar-refractivity contribution in [2.75, 3.05) is 14.2 Å². The van der Waals surface area contributed by atoms with Gasteiger partial charge in [0.25, 0.3) is 0 Å². The zero-order chi connectivity index (χ0) is 14.8. The molecule has 0 amide bonds. The van der Waals surface area contributed by atoms with Crippen LogP contribution in [-0.4, -0.2) is 37.0 Å². The van der Waals surface area contributed by atoms with Gasteiger partial charge in [-0.05, 0) is 51.3 Å². The van der Waals surface area contributed by atoms with Crippen LogP contribution in [0.3, 0.4) is 0 Å². The Morgan fingerprint density at radius 2 is 2.24 bits per heavy atom. The quantitative estimate of drug-likeness (QED) is 0.871. The second-order valence-electron chi connectivity index (χ2n) is 6.80. The first-order valence-corrected chi connectivity index (χ1v) is 7.83. The fourth-order valence-electron chi connectivity index (χ4n) is 4.97. The fraction of sp³-hybridized carbons (Fsp3) is 0.647. The van der Waals surface area contributed by atoms with Crippen LogP contribution in [0.25, 0.3) is 0 Å². The van der Waals surface area contributed by atoms with E-state index in [0.29, 0.717) is 0 Å². The monoisotopic (exact) mass is 289 g/mol. The average Bonchev–Trinajstić information content (AvgIpc) is 2.79.